The van der Waals surface area contributed by atoms with Gasteiger partial charge in [0, 0.05) is 35.6 Å². The first-order valence-corrected chi connectivity index (χ1v) is 12.2. The molecule has 0 radical (unpaired) electrons. The summed E-state index contributed by atoms with van der Waals surface area (Å²) in [5, 5.41) is 4.72. The van der Waals surface area contributed by atoms with Gasteiger partial charge in [0.05, 0.1) is 23.3 Å². The molecule has 1 N–H and O–H groups in total. The maximum atomic E-state index is 5.11. The van der Waals surface area contributed by atoms with E-state index in [2.05, 4.69) is 89.3 Å². The number of aromatic amines is 1. The highest BCUT2D eigenvalue weighted by atomic mass is 32.1. The van der Waals surface area contributed by atoms with Crippen LogP contribution in [0, 0.1) is 0 Å². The molecule has 162 valence electrons. The van der Waals surface area contributed by atoms with Gasteiger partial charge in [-0.1, -0.05) is 44.2 Å². The van der Waals surface area contributed by atoms with Crippen LogP contribution < -0.4 is 0 Å². The fraction of sp³-hybridized carbons (Fsp3) is 0.308. The summed E-state index contributed by atoms with van der Waals surface area (Å²) in [6.07, 6.45) is 1.03. The van der Waals surface area contributed by atoms with Crippen LogP contribution in [0.2, 0.25) is 0 Å². The number of aryl methyl sites for hydroxylation is 1. The Morgan fingerprint density at radius 3 is 2.72 bits per heavy atom. The molecule has 0 aliphatic carbocycles. The first-order chi connectivity index (χ1) is 15.6. The molecule has 0 unspecified atom stereocenters. The number of benzene rings is 2. The molecule has 0 bridgehead atoms. The lowest BCUT2D eigenvalue weighted by atomic mass is 9.96. The van der Waals surface area contributed by atoms with E-state index in [4.69, 9.17) is 9.97 Å². The van der Waals surface area contributed by atoms with Gasteiger partial charge in [-0.3, -0.25) is 4.90 Å². The maximum absolute atomic E-state index is 5.11. The van der Waals surface area contributed by atoms with Gasteiger partial charge in [-0.15, -0.1) is 11.3 Å². The Morgan fingerprint density at radius 1 is 1.09 bits per heavy atom. The molecule has 32 heavy (non-hydrogen) atoms. The first kappa shape index (κ1) is 19.7. The van der Waals surface area contributed by atoms with E-state index in [0.29, 0.717) is 5.92 Å². The van der Waals surface area contributed by atoms with Crippen molar-refractivity contribution in [2.24, 2.45) is 7.05 Å². The van der Waals surface area contributed by atoms with Crippen LogP contribution >= 0.6 is 11.3 Å². The number of hydrogen-bond donors (Lipinski definition) is 1. The normalized spacial score (nSPS) is 16.9. The zero-order valence-electron chi connectivity index (χ0n) is 18.7. The molecule has 4 heterocycles. The molecule has 6 heteroatoms. The molecule has 0 saturated carbocycles. The molecule has 5 nitrogen and oxygen atoms in total. The van der Waals surface area contributed by atoms with E-state index in [0.717, 1.165) is 30.9 Å². The number of imidazole rings is 1. The third-order valence-electron chi connectivity index (χ3n) is 6.70. The van der Waals surface area contributed by atoms with Gasteiger partial charge in [-0.25, -0.2) is 9.97 Å². The Balaban J connectivity index is 1.50. The van der Waals surface area contributed by atoms with Crippen molar-refractivity contribution >= 4 is 33.3 Å². The summed E-state index contributed by atoms with van der Waals surface area (Å²) in [6.45, 7) is 6.23. The van der Waals surface area contributed by atoms with Crippen LogP contribution in [0.5, 0.6) is 0 Å². The second kappa shape index (κ2) is 7.57. The molecule has 0 saturated heterocycles. The van der Waals surface area contributed by atoms with Crippen molar-refractivity contribution in [2.75, 3.05) is 6.54 Å². The lowest BCUT2D eigenvalue weighted by Gasteiger charge is -2.34. The fourth-order valence-electron chi connectivity index (χ4n) is 5.00. The van der Waals surface area contributed by atoms with E-state index in [1.807, 2.05) is 0 Å². The molecule has 0 amide bonds. The zero-order chi connectivity index (χ0) is 21.8. The zero-order valence-corrected chi connectivity index (χ0v) is 19.5. The highest BCUT2D eigenvalue weighted by Crippen LogP contribution is 2.39. The summed E-state index contributed by atoms with van der Waals surface area (Å²) in [6, 6.07) is 17.1. The molecule has 2 aromatic carbocycles. The van der Waals surface area contributed by atoms with Gasteiger partial charge in [-0.05, 0) is 36.1 Å². The van der Waals surface area contributed by atoms with E-state index in [-0.39, 0.29) is 6.04 Å². The molecule has 0 fully saturated rings. The van der Waals surface area contributed by atoms with E-state index in [1.165, 1.54) is 38.4 Å². The minimum atomic E-state index is 0.0648. The van der Waals surface area contributed by atoms with Gasteiger partial charge in [0.15, 0.2) is 0 Å². The molecule has 0 spiro atoms. The number of thiazole rings is 1. The Hall–Kier alpha value is -2.96. The summed E-state index contributed by atoms with van der Waals surface area (Å²) in [7, 11) is 2.14. The predicted octanol–water partition coefficient (Wildman–Crippen LogP) is 5.78. The molecule has 1 atom stereocenters. The minimum Gasteiger partial charge on any atom is -0.356 e. The van der Waals surface area contributed by atoms with Crippen molar-refractivity contribution in [3.8, 4) is 0 Å². The van der Waals surface area contributed by atoms with Crippen LogP contribution in [0.1, 0.15) is 53.6 Å². The fourth-order valence-corrected chi connectivity index (χ4v) is 5.98. The minimum absolute atomic E-state index is 0.0648. The van der Waals surface area contributed by atoms with E-state index >= 15 is 0 Å². The lowest BCUT2D eigenvalue weighted by molar-refractivity contribution is 0.192. The first-order valence-electron chi connectivity index (χ1n) is 11.3. The largest absolute Gasteiger partial charge is 0.356 e. The second-order valence-corrected chi connectivity index (χ2v) is 9.97. The van der Waals surface area contributed by atoms with Crippen molar-refractivity contribution in [3.05, 3.63) is 81.7 Å². The number of fused-ring (bicyclic) bond motifs is 4. The second-order valence-electron chi connectivity index (χ2n) is 9.02. The van der Waals surface area contributed by atoms with E-state index in [1.54, 1.807) is 11.3 Å². The number of aromatic nitrogens is 4. The number of H-pyrrole nitrogens is 1. The number of nitrogens with one attached hydrogen (secondary N) is 1. The van der Waals surface area contributed by atoms with Gasteiger partial charge in [0.1, 0.15) is 16.9 Å². The summed E-state index contributed by atoms with van der Waals surface area (Å²) in [5.74, 6) is 1.54. The average molecular weight is 442 g/mol. The van der Waals surface area contributed by atoms with Crippen molar-refractivity contribution in [1.29, 1.82) is 0 Å². The van der Waals surface area contributed by atoms with Crippen molar-refractivity contribution < 1.29 is 0 Å². The Morgan fingerprint density at radius 2 is 1.91 bits per heavy atom. The highest BCUT2D eigenvalue weighted by molar-refractivity contribution is 7.09. The smallest absolute Gasteiger partial charge is 0.133 e. The highest BCUT2D eigenvalue weighted by Gasteiger charge is 2.35. The Kier molecular flexibility index (Phi) is 4.66. The van der Waals surface area contributed by atoms with E-state index < -0.39 is 0 Å². The van der Waals surface area contributed by atoms with Gasteiger partial charge < -0.3 is 9.55 Å². The number of para-hydroxylation sites is 3. The van der Waals surface area contributed by atoms with Gasteiger partial charge in [-0.2, -0.15) is 0 Å². The van der Waals surface area contributed by atoms with Crippen LogP contribution in [-0.2, 0) is 20.0 Å². The Labute approximate surface area is 191 Å². The van der Waals surface area contributed by atoms with E-state index in [9.17, 15) is 0 Å². The quantitative estimate of drug-likeness (QED) is 0.384. The monoisotopic (exact) mass is 441 g/mol. The third kappa shape index (κ3) is 3.09. The van der Waals surface area contributed by atoms with Gasteiger partial charge in [0.2, 0.25) is 0 Å². The molecule has 1 aliphatic heterocycles. The third-order valence-corrected chi connectivity index (χ3v) is 7.55. The predicted molar refractivity (Wildman–Crippen MR) is 131 cm³/mol. The van der Waals surface area contributed by atoms with Crippen LogP contribution in [0.3, 0.4) is 0 Å². The summed E-state index contributed by atoms with van der Waals surface area (Å²) < 4.78 is 2.26. The average Bonchev–Trinajstić information content (AvgIpc) is 3.50. The van der Waals surface area contributed by atoms with Crippen molar-refractivity contribution in [3.63, 3.8) is 0 Å². The Bertz CT molecular complexity index is 1420. The topological polar surface area (TPSA) is 49.7 Å². The number of nitrogens with zero attached hydrogens (tertiary/aromatic N) is 4. The van der Waals surface area contributed by atoms with Gasteiger partial charge >= 0.3 is 0 Å². The summed E-state index contributed by atoms with van der Waals surface area (Å²) >= 11 is 1.77. The molecule has 3 aromatic heterocycles. The molecule has 6 rings (SSSR count). The number of hydrogen-bond acceptors (Lipinski definition) is 4. The maximum Gasteiger partial charge on any atom is 0.133 e. The van der Waals surface area contributed by atoms with Crippen LogP contribution in [0.15, 0.2) is 53.9 Å². The molecule has 5 aromatic rings. The standard InChI is InChI=1S/C26H27N5S/c1-16(2)21-15-32-23(27-21)14-31-13-12-18-17-8-4-5-9-19(17)28-24(18)25(31)26-29-20-10-6-7-11-22(20)30(26)3/h4-11,15-16,25,28H,12-14H2,1-3H3/t25-/m0/s1. The molecule has 1 aliphatic rings. The van der Waals surface area contributed by atoms with Crippen LogP contribution in [0.25, 0.3) is 21.9 Å². The lowest BCUT2D eigenvalue weighted by Crippen LogP contribution is -2.37. The van der Waals surface area contributed by atoms with Crippen LogP contribution in [0.4, 0.5) is 0 Å². The van der Waals surface area contributed by atoms with Crippen molar-refractivity contribution in [2.45, 2.75) is 38.8 Å². The SMILES string of the molecule is CC(C)c1csc(CN2CCc3c([nH]c4ccccc34)[C@H]2c2nc3ccccc3n2C)n1. The molecular formula is C26H27N5S. The summed E-state index contributed by atoms with van der Waals surface area (Å²) in [5.41, 5.74) is 7.31. The van der Waals surface area contributed by atoms with Gasteiger partial charge in [0.25, 0.3) is 0 Å². The number of rotatable bonds is 4. The van der Waals surface area contributed by atoms with Crippen LogP contribution in [-0.4, -0.2) is 31.0 Å². The van der Waals surface area contributed by atoms with Crippen molar-refractivity contribution in [1.82, 2.24) is 24.4 Å². The molecular weight excluding hydrogens is 414 g/mol. The summed E-state index contributed by atoms with van der Waals surface area (Å²) in [4.78, 5) is 16.4.